The summed E-state index contributed by atoms with van der Waals surface area (Å²) < 4.78 is 0. The maximum Gasteiger partial charge on any atom is 0.273 e. The van der Waals surface area contributed by atoms with Gasteiger partial charge in [-0.1, -0.05) is 29.3 Å². The monoisotopic (exact) mass is 270 g/mol. The molecule has 2 N–H and O–H groups in total. The normalized spacial score (nSPS) is 10.3. The van der Waals surface area contributed by atoms with Gasteiger partial charge in [0.2, 0.25) is 5.95 Å². The fraction of sp³-hybridized carbons (Fsp3) is 0.100. The molecule has 1 aromatic carbocycles. The Morgan fingerprint density at radius 3 is 2.47 bits per heavy atom. The Hall–Kier alpha value is -1.59. The molecule has 0 spiro atoms. The van der Waals surface area contributed by atoms with Crippen molar-refractivity contribution in [2.45, 2.75) is 6.92 Å². The van der Waals surface area contributed by atoms with E-state index in [2.05, 4.69) is 20.5 Å². The highest BCUT2D eigenvalue weighted by Gasteiger charge is 2.07. The van der Waals surface area contributed by atoms with Gasteiger partial charge in [-0.05, 0) is 19.1 Å². The van der Waals surface area contributed by atoms with Crippen LogP contribution in [0.5, 0.6) is 0 Å². The van der Waals surface area contributed by atoms with E-state index in [9.17, 15) is 4.79 Å². The number of anilines is 2. The summed E-state index contributed by atoms with van der Waals surface area (Å²) in [6.07, 6.45) is 0. The highest BCUT2D eigenvalue weighted by atomic mass is 35.5. The third-order valence-corrected chi connectivity index (χ3v) is 2.70. The lowest BCUT2D eigenvalue weighted by molar-refractivity contribution is 0.908. The van der Waals surface area contributed by atoms with E-state index in [1.807, 2.05) is 0 Å². The summed E-state index contributed by atoms with van der Waals surface area (Å²) >= 11 is 11.9. The molecule has 0 radical (unpaired) electrons. The summed E-state index contributed by atoms with van der Waals surface area (Å²) in [5.41, 5.74) is 0.455. The number of aryl methyl sites for hydroxylation is 1. The molecule has 2 aromatic rings. The van der Waals surface area contributed by atoms with Gasteiger partial charge in [0.25, 0.3) is 5.56 Å². The summed E-state index contributed by atoms with van der Waals surface area (Å²) in [6.45, 7) is 1.57. The van der Waals surface area contributed by atoms with Gasteiger partial charge in [-0.15, -0.1) is 10.2 Å². The Balaban J connectivity index is 2.38. The molecule has 0 unspecified atom stereocenters. The lowest BCUT2D eigenvalue weighted by atomic mass is 10.3. The van der Waals surface area contributed by atoms with E-state index in [0.717, 1.165) is 0 Å². The van der Waals surface area contributed by atoms with Crippen molar-refractivity contribution in [1.29, 1.82) is 0 Å². The third kappa shape index (κ3) is 2.57. The molecule has 0 saturated carbocycles. The second-order valence-electron chi connectivity index (χ2n) is 3.31. The topological polar surface area (TPSA) is 70.7 Å². The van der Waals surface area contributed by atoms with E-state index >= 15 is 0 Å². The van der Waals surface area contributed by atoms with Crippen molar-refractivity contribution >= 4 is 34.8 Å². The quantitative estimate of drug-likeness (QED) is 0.880. The zero-order valence-electron chi connectivity index (χ0n) is 8.79. The molecule has 2 rings (SSSR count). The molecule has 88 valence electrons. The van der Waals surface area contributed by atoms with E-state index in [1.165, 1.54) is 0 Å². The number of rotatable bonds is 2. The minimum Gasteiger partial charge on any atom is -0.322 e. The predicted molar refractivity (Wildman–Crippen MR) is 67.1 cm³/mol. The van der Waals surface area contributed by atoms with Crippen molar-refractivity contribution < 1.29 is 0 Å². The van der Waals surface area contributed by atoms with Crippen LogP contribution in [0.3, 0.4) is 0 Å². The van der Waals surface area contributed by atoms with Crippen molar-refractivity contribution in [3.8, 4) is 0 Å². The van der Waals surface area contributed by atoms with Gasteiger partial charge in [0.15, 0.2) is 0 Å². The van der Waals surface area contributed by atoms with Crippen molar-refractivity contribution in [2.75, 3.05) is 5.32 Å². The number of nitrogens with one attached hydrogen (secondary N) is 2. The Morgan fingerprint density at radius 2 is 1.88 bits per heavy atom. The molecular formula is C10H8Cl2N4O. The van der Waals surface area contributed by atoms with Gasteiger partial charge in [-0.2, -0.15) is 0 Å². The molecule has 0 saturated heterocycles. The summed E-state index contributed by atoms with van der Waals surface area (Å²) in [7, 11) is 0. The molecule has 0 bridgehead atoms. The number of halogens is 2. The van der Waals surface area contributed by atoms with Crippen molar-refractivity contribution in [2.24, 2.45) is 0 Å². The zero-order chi connectivity index (χ0) is 12.4. The average Bonchev–Trinajstić information content (AvgIpc) is 2.28. The highest BCUT2D eigenvalue weighted by molar-refractivity contribution is 6.39. The summed E-state index contributed by atoms with van der Waals surface area (Å²) in [4.78, 5) is 13.9. The fourth-order valence-corrected chi connectivity index (χ4v) is 1.68. The summed E-state index contributed by atoms with van der Waals surface area (Å²) in [6, 6.07) is 5.07. The van der Waals surface area contributed by atoms with E-state index in [4.69, 9.17) is 23.2 Å². The minimum absolute atomic E-state index is 0.190. The standard InChI is InChI=1S/C10H8Cl2N4O/c1-5-9(17)14-10(16-15-5)13-8-6(11)3-2-4-7(8)12/h2-4H,1H3,(H2,13,14,16,17). The van der Waals surface area contributed by atoms with Crippen LogP contribution >= 0.6 is 23.2 Å². The Kier molecular flexibility index (Phi) is 3.31. The van der Waals surface area contributed by atoms with Crippen molar-refractivity contribution in [3.63, 3.8) is 0 Å². The van der Waals surface area contributed by atoms with Crippen LogP contribution in [0, 0.1) is 6.92 Å². The highest BCUT2D eigenvalue weighted by Crippen LogP contribution is 2.31. The lowest BCUT2D eigenvalue weighted by Gasteiger charge is -2.08. The molecule has 0 atom stereocenters. The van der Waals surface area contributed by atoms with Gasteiger partial charge in [-0.3, -0.25) is 9.78 Å². The van der Waals surface area contributed by atoms with Crippen LogP contribution in [-0.4, -0.2) is 15.2 Å². The Labute approximate surface area is 107 Å². The molecule has 17 heavy (non-hydrogen) atoms. The van der Waals surface area contributed by atoms with Crippen LogP contribution in [0.2, 0.25) is 10.0 Å². The van der Waals surface area contributed by atoms with Crippen molar-refractivity contribution in [1.82, 2.24) is 15.2 Å². The van der Waals surface area contributed by atoms with Gasteiger partial charge >= 0.3 is 0 Å². The minimum atomic E-state index is -0.314. The van der Waals surface area contributed by atoms with Crippen LogP contribution < -0.4 is 10.9 Å². The first kappa shape index (κ1) is 11.9. The van der Waals surface area contributed by atoms with Gasteiger partial charge in [0, 0.05) is 0 Å². The molecule has 5 nitrogen and oxygen atoms in total. The fourth-order valence-electron chi connectivity index (χ4n) is 1.19. The van der Waals surface area contributed by atoms with Crippen LogP contribution in [0.15, 0.2) is 23.0 Å². The number of benzene rings is 1. The van der Waals surface area contributed by atoms with Gasteiger partial charge in [0.05, 0.1) is 15.7 Å². The van der Waals surface area contributed by atoms with E-state index < -0.39 is 0 Å². The first-order valence-corrected chi connectivity index (χ1v) is 5.48. The first-order chi connectivity index (χ1) is 8.08. The number of aromatic nitrogens is 3. The molecule has 0 amide bonds. The number of para-hydroxylation sites is 1. The maximum atomic E-state index is 11.3. The number of nitrogens with zero attached hydrogens (tertiary/aromatic N) is 2. The second-order valence-corrected chi connectivity index (χ2v) is 4.12. The van der Waals surface area contributed by atoms with E-state index in [1.54, 1.807) is 25.1 Å². The third-order valence-electron chi connectivity index (χ3n) is 2.07. The molecule has 0 fully saturated rings. The SMILES string of the molecule is Cc1nnc(Nc2c(Cl)cccc2Cl)[nH]c1=O. The molecule has 0 aliphatic heterocycles. The molecule has 0 aliphatic carbocycles. The van der Waals surface area contributed by atoms with Crippen LogP contribution in [0.4, 0.5) is 11.6 Å². The van der Waals surface area contributed by atoms with E-state index in [-0.39, 0.29) is 11.5 Å². The Morgan fingerprint density at radius 1 is 1.24 bits per heavy atom. The van der Waals surface area contributed by atoms with Crippen LogP contribution in [0.25, 0.3) is 0 Å². The smallest absolute Gasteiger partial charge is 0.273 e. The van der Waals surface area contributed by atoms with Crippen molar-refractivity contribution in [3.05, 3.63) is 44.3 Å². The summed E-state index contributed by atoms with van der Waals surface area (Å²) in [5, 5.41) is 11.2. The van der Waals surface area contributed by atoms with Crippen LogP contribution in [0.1, 0.15) is 5.69 Å². The number of hydrogen-bond donors (Lipinski definition) is 2. The summed E-state index contributed by atoms with van der Waals surface area (Å²) in [5.74, 6) is 0.190. The predicted octanol–water partition coefficient (Wildman–Crippen LogP) is 2.52. The molecule has 0 aliphatic rings. The van der Waals surface area contributed by atoms with E-state index in [0.29, 0.717) is 21.4 Å². The molecular weight excluding hydrogens is 263 g/mol. The lowest BCUT2D eigenvalue weighted by Crippen LogP contribution is -2.15. The maximum absolute atomic E-state index is 11.3. The van der Waals surface area contributed by atoms with Gasteiger partial charge in [-0.25, -0.2) is 0 Å². The first-order valence-electron chi connectivity index (χ1n) is 4.72. The molecule has 1 heterocycles. The molecule has 7 heteroatoms. The van der Waals surface area contributed by atoms with Gasteiger partial charge < -0.3 is 5.32 Å². The number of H-pyrrole nitrogens is 1. The average molecular weight is 271 g/mol. The second kappa shape index (κ2) is 4.73. The Bertz CT molecular complexity index is 591. The van der Waals surface area contributed by atoms with Crippen LogP contribution in [-0.2, 0) is 0 Å². The van der Waals surface area contributed by atoms with Gasteiger partial charge in [0.1, 0.15) is 5.69 Å². The largest absolute Gasteiger partial charge is 0.322 e. The number of hydrogen-bond acceptors (Lipinski definition) is 4. The number of aromatic amines is 1. The zero-order valence-corrected chi connectivity index (χ0v) is 10.3. The molecule has 1 aromatic heterocycles.